The van der Waals surface area contributed by atoms with Crippen LogP contribution in [-0.4, -0.2) is 42.0 Å². The number of piperazine rings is 1. The van der Waals surface area contributed by atoms with Crippen molar-refractivity contribution >= 4 is 34.8 Å². The second-order valence-corrected chi connectivity index (χ2v) is 6.16. The lowest BCUT2D eigenvalue weighted by molar-refractivity contribution is 0.0746. The van der Waals surface area contributed by atoms with E-state index >= 15 is 0 Å². The Labute approximate surface area is 143 Å². The summed E-state index contributed by atoms with van der Waals surface area (Å²) in [5.41, 5.74) is 1.01. The fourth-order valence-electron chi connectivity index (χ4n) is 2.64. The molecule has 0 atom stereocenters. The molecule has 2 aromatic rings. The highest BCUT2D eigenvalue weighted by Crippen LogP contribution is 2.29. The first-order valence-electron chi connectivity index (χ1n) is 7.22. The first kappa shape index (κ1) is 15.9. The van der Waals surface area contributed by atoms with E-state index in [0.717, 1.165) is 5.69 Å². The second-order valence-electron chi connectivity index (χ2n) is 5.32. The topological polar surface area (TPSA) is 56.4 Å². The first-order valence-corrected chi connectivity index (χ1v) is 7.98. The normalized spacial score (nSPS) is 14.9. The van der Waals surface area contributed by atoms with Gasteiger partial charge in [-0.1, -0.05) is 23.2 Å². The monoisotopic (exact) mass is 351 g/mol. The number of hydrogen-bond acceptors (Lipinski definition) is 3. The highest BCUT2D eigenvalue weighted by molar-refractivity contribution is 6.35. The third-order valence-electron chi connectivity index (χ3n) is 3.84. The van der Waals surface area contributed by atoms with E-state index in [-0.39, 0.29) is 11.5 Å². The Kier molecular flexibility index (Phi) is 4.59. The van der Waals surface area contributed by atoms with Crippen LogP contribution in [0.25, 0.3) is 0 Å². The van der Waals surface area contributed by atoms with Crippen molar-refractivity contribution < 1.29 is 4.79 Å². The number of aromatic nitrogens is 1. The number of rotatable bonds is 2. The van der Waals surface area contributed by atoms with E-state index in [9.17, 15) is 9.59 Å². The lowest BCUT2D eigenvalue weighted by Crippen LogP contribution is -2.49. The summed E-state index contributed by atoms with van der Waals surface area (Å²) in [5.74, 6) is -0.132. The van der Waals surface area contributed by atoms with Gasteiger partial charge in [-0.2, -0.15) is 0 Å². The van der Waals surface area contributed by atoms with Crippen LogP contribution in [0.3, 0.4) is 0 Å². The summed E-state index contributed by atoms with van der Waals surface area (Å²) in [6, 6.07) is 8.29. The van der Waals surface area contributed by atoms with E-state index in [1.54, 1.807) is 23.1 Å². The van der Waals surface area contributed by atoms with E-state index in [1.807, 2.05) is 6.07 Å². The molecule has 0 aliphatic carbocycles. The fraction of sp³-hybridized carbons (Fsp3) is 0.250. The molecule has 1 aliphatic heterocycles. The molecular formula is C16H15Cl2N3O2. The molecule has 1 aromatic carbocycles. The molecule has 0 radical (unpaired) electrons. The Bertz CT molecular complexity index is 783. The quantitative estimate of drug-likeness (QED) is 0.904. The third kappa shape index (κ3) is 3.51. The van der Waals surface area contributed by atoms with Gasteiger partial charge in [0.25, 0.3) is 5.91 Å². The van der Waals surface area contributed by atoms with Gasteiger partial charge >= 0.3 is 0 Å². The minimum Gasteiger partial charge on any atom is -0.367 e. The standard InChI is InChI=1S/C16H15Cl2N3O2/c17-12-1-2-13(18)14(10-12)20-5-7-21(8-6-20)16(23)11-3-4-19-15(22)9-11/h1-4,9-10H,5-8H2,(H,19,22). The number of hydrogen-bond donors (Lipinski definition) is 1. The number of nitrogens with one attached hydrogen (secondary N) is 1. The van der Waals surface area contributed by atoms with Crippen molar-refractivity contribution in [3.63, 3.8) is 0 Å². The van der Waals surface area contributed by atoms with Gasteiger partial charge in [0, 0.05) is 49.0 Å². The first-order chi connectivity index (χ1) is 11.0. The zero-order chi connectivity index (χ0) is 16.4. The molecule has 0 spiro atoms. The van der Waals surface area contributed by atoms with Crippen LogP contribution < -0.4 is 10.5 Å². The van der Waals surface area contributed by atoms with Crippen LogP contribution in [-0.2, 0) is 0 Å². The zero-order valence-electron chi connectivity index (χ0n) is 12.3. The number of carbonyl (C=O) groups excluding carboxylic acids is 1. The maximum absolute atomic E-state index is 12.4. The average molecular weight is 352 g/mol. The van der Waals surface area contributed by atoms with Crippen molar-refractivity contribution in [3.05, 3.63) is 62.5 Å². The van der Waals surface area contributed by atoms with Gasteiger partial charge in [0.2, 0.25) is 5.56 Å². The van der Waals surface area contributed by atoms with E-state index in [1.165, 1.54) is 12.3 Å². The summed E-state index contributed by atoms with van der Waals surface area (Å²) < 4.78 is 0. The van der Waals surface area contributed by atoms with Crippen molar-refractivity contribution in [2.75, 3.05) is 31.1 Å². The summed E-state index contributed by atoms with van der Waals surface area (Å²) in [6.45, 7) is 2.45. The van der Waals surface area contributed by atoms with Gasteiger partial charge in [-0.3, -0.25) is 9.59 Å². The minimum absolute atomic E-state index is 0.132. The number of benzene rings is 1. The van der Waals surface area contributed by atoms with Crippen LogP contribution in [0.5, 0.6) is 0 Å². The number of halogens is 2. The Morgan fingerprint density at radius 2 is 1.78 bits per heavy atom. The van der Waals surface area contributed by atoms with Crippen LogP contribution in [0, 0.1) is 0 Å². The number of amides is 1. The van der Waals surface area contributed by atoms with Crippen molar-refractivity contribution in [2.24, 2.45) is 0 Å². The molecule has 0 bridgehead atoms. The molecule has 0 saturated carbocycles. The molecule has 3 rings (SSSR count). The van der Waals surface area contributed by atoms with Crippen LogP contribution in [0.15, 0.2) is 41.3 Å². The zero-order valence-corrected chi connectivity index (χ0v) is 13.8. The fourth-order valence-corrected chi connectivity index (χ4v) is 3.04. The molecule has 7 heteroatoms. The Morgan fingerprint density at radius 1 is 1.04 bits per heavy atom. The smallest absolute Gasteiger partial charge is 0.254 e. The predicted octanol–water partition coefficient (Wildman–Crippen LogP) is 2.64. The van der Waals surface area contributed by atoms with Crippen LogP contribution in [0.4, 0.5) is 5.69 Å². The highest BCUT2D eigenvalue weighted by atomic mass is 35.5. The molecule has 1 aromatic heterocycles. The molecule has 2 heterocycles. The highest BCUT2D eigenvalue weighted by Gasteiger charge is 2.23. The Balaban J connectivity index is 1.70. The molecular weight excluding hydrogens is 337 g/mol. The molecule has 1 amide bonds. The SMILES string of the molecule is O=C(c1cc[nH]c(=O)c1)N1CCN(c2cc(Cl)ccc2Cl)CC1. The molecule has 1 N–H and O–H groups in total. The Morgan fingerprint density at radius 3 is 2.48 bits per heavy atom. The van der Waals surface area contributed by atoms with E-state index in [2.05, 4.69) is 9.88 Å². The molecule has 1 aliphatic rings. The van der Waals surface area contributed by atoms with Crippen LogP contribution in [0.1, 0.15) is 10.4 Å². The van der Waals surface area contributed by atoms with Crippen molar-refractivity contribution in [1.29, 1.82) is 0 Å². The lowest BCUT2D eigenvalue weighted by Gasteiger charge is -2.36. The third-order valence-corrected chi connectivity index (χ3v) is 4.39. The molecule has 1 fully saturated rings. The van der Waals surface area contributed by atoms with Crippen molar-refractivity contribution in [3.8, 4) is 0 Å². The maximum atomic E-state index is 12.4. The number of pyridine rings is 1. The average Bonchev–Trinajstić information content (AvgIpc) is 2.56. The number of carbonyl (C=O) groups is 1. The predicted molar refractivity (Wildman–Crippen MR) is 91.6 cm³/mol. The number of nitrogens with zero attached hydrogens (tertiary/aromatic N) is 2. The number of anilines is 1. The summed E-state index contributed by atoms with van der Waals surface area (Å²) >= 11 is 12.3. The van der Waals surface area contributed by atoms with Gasteiger partial charge in [-0.05, 0) is 24.3 Å². The van der Waals surface area contributed by atoms with Gasteiger partial charge < -0.3 is 14.8 Å². The summed E-state index contributed by atoms with van der Waals surface area (Å²) in [7, 11) is 0. The molecule has 1 saturated heterocycles. The minimum atomic E-state index is -0.278. The molecule has 23 heavy (non-hydrogen) atoms. The van der Waals surface area contributed by atoms with E-state index in [0.29, 0.717) is 41.8 Å². The number of H-pyrrole nitrogens is 1. The number of aromatic amines is 1. The van der Waals surface area contributed by atoms with Gasteiger partial charge in [0.15, 0.2) is 0 Å². The Hall–Kier alpha value is -1.98. The summed E-state index contributed by atoms with van der Waals surface area (Å²) in [4.78, 5) is 30.1. The summed E-state index contributed by atoms with van der Waals surface area (Å²) in [5, 5.41) is 1.27. The summed E-state index contributed by atoms with van der Waals surface area (Å²) in [6.07, 6.45) is 1.48. The van der Waals surface area contributed by atoms with Gasteiger partial charge in [-0.25, -0.2) is 0 Å². The van der Waals surface area contributed by atoms with Crippen LogP contribution >= 0.6 is 23.2 Å². The van der Waals surface area contributed by atoms with Crippen molar-refractivity contribution in [2.45, 2.75) is 0 Å². The maximum Gasteiger partial charge on any atom is 0.254 e. The molecule has 0 unspecified atom stereocenters. The second kappa shape index (κ2) is 6.64. The molecule has 5 nitrogen and oxygen atoms in total. The van der Waals surface area contributed by atoms with E-state index in [4.69, 9.17) is 23.2 Å². The lowest BCUT2D eigenvalue weighted by atomic mass is 10.2. The largest absolute Gasteiger partial charge is 0.367 e. The van der Waals surface area contributed by atoms with Gasteiger partial charge in [-0.15, -0.1) is 0 Å². The van der Waals surface area contributed by atoms with Gasteiger partial charge in [0.1, 0.15) is 0 Å². The molecule has 120 valence electrons. The van der Waals surface area contributed by atoms with Crippen LogP contribution in [0.2, 0.25) is 10.0 Å². The van der Waals surface area contributed by atoms with Crippen molar-refractivity contribution in [1.82, 2.24) is 9.88 Å². The van der Waals surface area contributed by atoms with Gasteiger partial charge in [0.05, 0.1) is 10.7 Å². The van der Waals surface area contributed by atoms with E-state index < -0.39 is 0 Å².